The summed E-state index contributed by atoms with van der Waals surface area (Å²) < 4.78 is 7.97. The summed E-state index contributed by atoms with van der Waals surface area (Å²) in [5, 5.41) is 9.41. The van der Waals surface area contributed by atoms with Crippen molar-refractivity contribution in [3.05, 3.63) is 81.8 Å². The van der Waals surface area contributed by atoms with Crippen LogP contribution in [-0.4, -0.2) is 69.1 Å². The maximum atomic E-state index is 13.7. The molecule has 0 saturated carbocycles. The number of aryl methyl sites for hydroxylation is 2. The van der Waals surface area contributed by atoms with Gasteiger partial charge in [-0.05, 0) is 68.4 Å². The van der Waals surface area contributed by atoms with Gasteiger partial charge in [-0.25, -0.2) is 14.6 Å². The first-order valence-electron chi connectivity index (χ1n) is 12.2. The van der Waals surface area contributed by atoms with Gasteiger partial charge in [0.15, 0.2) is 10.9 Å². The maximum Gasteiger partial charge on any atom is 0.276 e. The van der Waals surface area contributed by atoms with Crippen LogP contribution in [0.25, 0.3) is 5.69 Å². The number of hydrogen-bond donors (Lipinski definition) is 0. The summed E-state index contributed by atoms with van der Waals surface area (Å²) in [6.07, 6.45) is 0. The number of aromatic nitrogens is 5. The molecule has 196 valence electrons. The molecule has 1 fully saturated rings. The zero-order valence-corrected chi connectivity index (χ0v) is 23.9. The highest BCUT2D eigenvalue weighted by atomic mass is 79.9. The number of carbonyl (C=O) groups excluding carboxylic acids is 1. The van der Waals surface area contributed by atoms with Gasteiger partial charge in [-0.3, -0.25) is 4.79 Å². The monoisotopic (exact) mass is 593 g/mol. The number of amides is 1. The Hall–Kier alpha value is -3.44. The quantitative estimate of drug-likeness (QED) is 0.225. The molecule has 1 aliphatic rings. The van der Waals surface area contributed by atoms with Crippen LogP contribution in [0, 0.1) is 13.8 Å². The second-order valence-electron chi connectivity index (χ2n) is 8.97. The highest BCUT2D eigenvalue weighted by molar-refractivity contribution is 9.10. The van der Waals surface area contributed by atoms with E-state index in [9.17, 15) is 4.79 Å². The first kappa shape index (κ1) is 26.2. The highest BCUT2D eigenvalue weighted by Crippen LogP contribution is 2.26. The minimum Gasteiger partial charge on any atom is -0.497 e. The molecule has 0 aliphatic carbocycles. The molecule has 0 unspecified atom stereocenters. The number of hydrogen-bond acceptors (Lipinski definition) is 8. The van der Waals surface area contributed by atoms with E-state index in [0.717, 1.165) is 51.8 Å². The van der Waals surface area contributed by atoms with Gasteiger partial charge in [-0.2, -0.15) is 0 Å². The molecule has 0 atom stereocenters. The van der Waals surface area contributed by atoms with Gasteiger partial charge >= 0.3 is 0 Å². The molecule has 1 amide bonds. The van der Waals surface area contributed by atoms with Crippen molar-refractivity contribution in [3.63, 3.8) is 0 Å². The van der Waals surface area contributed by atoms with Crippen molar-refractivity contribution in [1.29, 1.82) is 0 Å². The molecule has 0 N–H and O–H groups in total. The number of carbonyl (C=O) groups is 1. The predicted octanol–water partition coefficient (Wildman–Crippen LogP) is 4.70. The van der Waals surface area contributed by atoms with Crippen LogP contribution in [0.15, 0.2) is 64.2 Å². The summed E-state index contributed by atoms with van der Waals surface area (Å²) >= 11 is 4.96. The van der Waals surface area contributed by atoms with E-state index in [1.165, 1.54) is 11.8 Å². The molecule has 5 rings (SSSR count). The number of anilines is 1. The van der Waals surface area contributed by atoms with Gasteiger partial charge in [0.25, 0.3) is 5.91 Å². The second kappa shape index (κ2) is 11.5. The lowest BCUT2D eigenvalue weighted by Gasteiger charge is -2.36. The van der Waals surface area contributed by atoms with Gasteiger partial charge in [0.1, 0.15) is 5.75 Å². The normalized spacial score (nSPS) is 13.6. The summed E-state index contributed by atoms with van der Waals surface area (Å²) in [6, 6.07) is 17.7. The molecular weight excluding hydrogens is 566 g/mol. The van der Waals surface area contributed by atoms with Crippen molar-refractivity contribution in [1.82, 2.24) is 29.9 Å². The fourth-order valence-electron chi connectivity index (χ4n) is 4.39. The van der Waals surface area contributed by atoms with Crippen LogP contribution in [0.3, 0.4) is 0 Å². The zero-order valence-electron chi connectivity index (χ0n) is 21.5. The molecule has 2 aromatic heterocycles. The van der Waals surface area contributed by atoms with E-state index in [0.29, 0.717) is 29.7 Å². The Labute approximate surface area is 234 Å². The number of nitrogens with zero attached hydrogens (tertiary/aromatic N) is 7. The minimum atomic E-state index is -0.111. The number of halogens is 1. The van der Waals surface area contributed by atoms with E-state index in [-0.39, 0.29) is 5.91 Å². The Morgan fingerprint density at radius 1 is 0.947 bits per heavy atom. The number of rotatable bonds is 7. The lowest BCUT2D eigenvalue weighted by molar-refractivity contribution is 0.0740. The summed E-state index contributed by atoms with van der Waals surface area (Å²) in [5.41, 5.74) is 4.85. The zero-order chi connectivity index (χ0) is 26.6. The molecule has 0 bridgehead atoms. The van der Waals surface area contributed by atoms with E-state index in [2.05, 4.69) is 41.1 Å². The molecule has 11 heteroatoms. The van der Waals surface area contributed by atoms with Gasteiger partial charge in [-0.1, -0.05) is 32.9 Å². The standard InChI is InChI=1S/C27H28BrN7O2S/c1-18-16-19(2)30-27(29-18)38-17-24-25(31-32-35(24)22-6-4-20(28)5-7-22)26(36)34-14-12-33(13-15-34)21-8-10-23(37-3)11-9-21/h4-11,16H,12-15,17H2,1-3H3. The van der Waals surface area contributed by atoms with Crippen molar-refractivity contribution in [3.8, 4) is 11.4 Å². The van der Waals surface area contributed by atoms with Crippen molar-refractivity contribution < 1.29 is 9.53 Å². The number of ether oxygens (including phenoxy) is 1. The minimum absolute atomic E-state index is 0.111. The topological polar surface area (TPSA) is 89.3 Å². The van der Waals surface area contributed by atoms with E-state index >= 15 is 0 Å². The molecule has 3 heterocycles. The SMILES string of the molecule is COc1ccc(N2CCN(C(=O)c3nnn(-c4ccc(Br)cc4)c3CSc3nc(C)cc(C)n3)CC2)cc1. The van der Waals surface area contributed by atoms with E-state index in [1.54, 1.807) is 11.8 Å². The lowest BCUT2D eigenvalue weighted by atomic mass is 10.2. The molecular formula is C27H28BrN7O2S. The van der Waals surface area contributed by atoms with Crippen molar-refractivity contribution in [2.75, 3.05) is 38.2 Å². The fourth-order valence-corrected chi connectivity index (χ4v) is 5.59. The van der Waals surface area contributed by atoms with Crippen molar-refractivity contribution in [2.24, 2.45) is 0 Å². The van der Waals surface area contributed by atoms with Gasteiger partial charge in [-0.15, -0.1) is 5.10 Å². The van der Waals surface area contributed by atoms with Crippen LogP contribution in [0.5, 0.6) is 5.75 Å². The summed E-state index contributed by atoms with van der Waals surface area (Å²) in [6.45, 7) is 6.57. The third-order valence-electron chi connectivity index (χ3n) is 6.34. The Morgan fingerprint density at radius 2 is 1.58 bits per heavy atom. The number of methoxy groups -OCH3 is 1. The van der Waals surface area contributed by atoms with E-state index in [1.807, 2.05) is 73.3 Å². The lowest BCUT2D eigenvalue weighted by Crippen LogP contribution is -2.49. The molecule has 4 aromatic rings. The Balaban J connectivity index is 1.36. The van der Waals surface area contributed by atoms with Crippen LogP contribution in [0.4, 0.5) is 5.69 Å². The molecule has 0 spiro atoms. The van der Waals surface area contributed by atoms with Gasteiger partial charge in [0.2, 0.25) is 0 Å². The van der Waals surface area contributed by atoms with Crippen molar-refractivity contribution in [2.45, 2.75) is 24.8 Å². The van der Waals surface area contributed by atoms with E-state index < -0.39 is 0 Å². The summed E-state index contributed by atoms with van der Waals surface area (Å²) in [7, 11) is 1.66. The summed E-state index contributed by atoms with van der Waals surface area (Å²) in [4.78, 5) is 26.9. The number of benzene rings is 2. The predicted molar refractivity (Wildman–Crippen MR) is 151 cm³/mol. The fraction of sp³-hybridized carbons (Fsp3) is 0.296. The number of piperazine rings is 1. The van der Waals surface area contributed by atoms with Crippen LogP contribution in [0.1, 0.15) is 27.6 Å². The maximum absolute atomic E-state index is 13.7. The van der Waals surface area contributed by atoms with Crippen LogP contribution in [-0.2, 0) is 5.75 Å². The second-order valence-corrected chi connectivity index (χ2v) is 10.8. The third-order valence-corrected chi connectivity index (χ3v) is 7.73. The van der Waals surface area contributed by atoms with Crippen LogP contribution in [0.2, 0.25) is 0 Å². The molecule has 1 saturated heterocycles. The Morgan fingerprint density at radius 3 is 2.21 bits per heavy atom. The van der Waals surface area contributed by atoms with Gasteiger partial charge in [0.05, 0.1) is 18.5 Å². The average molecular weight is 595 g/mol. The van der Waals surface area contributed by atoms with Crippen LogP contribution < -0.4 is 9.64 Å². The Bertz CT molecular complexity index is 1400. The Kier molecular flexibility index (Phi) is 7.94. The van der Waals surface area contributed by atoms with Gasteiger partial charge < -0.3 is 14.5 Å². The largest absolute Gasteiger partial charge is 0.497 e. The van der Waals surface area contributed by atoms with E-state index in [4.69, 9.17) is 4.74 Å². The van der Waals surface area contributed by atoms with Crippen LogP contribution >= 0.6 is 27.7 Å². The molecule has 9 nitrogen and oxygen atoms in total. The first-order valence-corrected chi connectivity index (χ1v) is 14.0. The van der Waals surface area contributed by atoms with Crippen molar-refractivity contribution >= 4 is 39.3 Å². The average Bonchev–Trinajstić information content (AvgIpc) is 3.35. The molecule has 38 heavy (non-hydrogen) atoms. The smallest absolute Gasteiger partial charge is 0.276 e. The summed E-state index contributed by atoms with van der Waals surface area (Å²) in [5.74, 6) is 1.17. The highest BCUT2D eigenvalue weighted by Gasteiger charge is 2.28. The molecule has 2 aromatic carbocycles. The van der Waals surface area contributed by atoms with Gasteiger partial charge in [0, 0.05) is 53.5 Å². The number of thioether (sulfide) groups is 1. The first-order chi connectivity index (χ1) is 18.4. The molecule has 1 aliphatic heterocycles. The molecule has 0 radical (unpaired) electrons. The third kappa shape index (κ3) is 5.83.